The Morgan fingerprint density at radius 2 is 1.86 bits per heavy atom. The lowest BCUT2D eigenvalue weighted by Crippen LogP contribution is -2.47. The van der Waals surface area contributed by atoms with Gasteiger partial charge in [-0.15, -0.1) is 0 Å². The van der Waals surface area contributed by atoms with Crippen molar-refractivity contribution < 1.29 is 24.2 Å². The van der Waals surface area contributed by atoms with E-state index < -0.39 is 23.8 Å². The zero-order chi connectivity index (χ0) is 25.7. The summed E-state index contributed by atoms with van der Waals surface area (Å²) in [5.74, 6) is -2.44. The Morgan fingerprint density at radius 1 is 1.08 bits per heavy atom. The summed E-state index contributed by atoms with van der Waals surface area (Å²) in [6, 6.07) is 17.8. The normalized spacial score (nSPS) is 11.9. The van der Waals surface area contributed by atoms with Crippen LogP contribution in [0.3, 0.4) is 0 Å². The molecule has 0 fully saturated rings. The van der Waals surface area contributed by atoms with Gasteiger partial charge in [0.1, 0.15) is 17.2 Å². The van der Waals surface area contributed by atoms with E-state index in [1.165, 1.54) is 29.3 Å². The molecule has 0 bridgehead atoms. The number of aliphatic hydroxyl groups excluding tert-OH is 1. The predicted octanol–water partition coefficient (Wildman–Crippen LogP) is 3.52. The number of aromatic nitrogens is 3. The zero-order valence-corrected chi connectivity index (χ0v) is 19.5. The molecule has 2 aromatic carbocycles. The first kappa shape index (κ1) is 25.0. The van der Waals surface area contributed by atoms with E-state index in [0.717, 1.165) is 0 Å². The summed E-state index contributed by atoms with van der Waals surface area (Å²) in [6.07, 6.45) is -0.138. The number of H-pyrrole nitrogens is 1. The summed E-state index contributed by atoms with van der Waals surface area (Å²) in [5.41, 5.74) is 5.36. The predicted molar refractivity (Wildman–Crippen MR) is 130 cm³/mol. The van der Waals surface area contributed by atoms with Crippen molar-refractivity contribution in [2.24, 2.45) is 0 Å². The summed E-state index contributed by atoms with van der Waals surface area (Å²) >= 11 is 5.98. The number of benzene rings is 2. The Balaban J connectivity index is 1.50. The van der Waals surface area contributed by atoms with Crippen LogP contribution >= 0.6 is 11.6 Å². The Labute approximate surface area is 210 Å². The summed E-state index contributed by atoms with van der Waals surface area (Å²) in [5, 5.41) is 27.4. The number of aliphatic carboxylic acids is 1. The Morgan fingerprint density at radius 3 is 2.56 bits per heavy atom. The van der Waals surface area contributed by atoms with Gasteiger partial charge in [-0.25, -0.2) is 14.2 Å². The zero-order valence-electron chi connectivity index (χ0n) is 18.7. The minimum Gasteiger partial charge on any atom is -0.479 e. The molecule has 1 atom stereocenters. The smallest absolute Gasteiger partial charge is 0.333 e. The van der Waals surface area contributed by atoms with E-state index in [1.54, 1.807) is 48.7 Å². The summed E-state index contributed by atoms with van der Waals surface area (Å²) in [4.78, 5) is 28.2. The molecule has 0 aliphatic rings. The second-order valence-electron chi connectivity index (χ2n) is 7.88. The molecule has 1 amide bonds. The molecular formula is C25H21ClFN5O4. The first-order valence-electron chi connectivity index (χ1n) is 10.8. The van der Waals surface area contributed by atoms with Crippen LogP contribution in [-0.4, -0.2) is 54.9 Å². The maximum absolute atomic E-state index is 14.2. The van der Waals surface area contributed by atoms with Crippen LogP contribution in [-0.2, 0) is 11.3 Å². The molecule has 184 valence electrons. The van der Waals surface area contributed by atoms with E-state index in [0.29, 0.717) is 33.1 Å². The Kier molecular flexibility index (Phi) is 7.69. The number of hydrogen-bond donors (Lipinski definition) is 4. The lowest BCUT2D eigenvalue weighted by atomic mass is 10.0. The highest BCUT2D eigenvalue weighted by Gasteiger charge is 2.21. The summed E-state index contributed by atoms with van der Waals surface area (Å²) < 4.78 is 14.2. The van der Waals surface area contributed by atoms with Crippen LogP contribution in [0.25, 0.3) is 22.5 Å². The highest BCUT2D eigenvalue weighted by molar-refractivity contribution is 6.30. The number of carboxylic acid groups (broad SMARTS) is 1. The molecule has 9 nitrogen and oxygen atoms in total. The number of halogens is 2. The molecule has 11 heteroatoms. The third-order valence-electron chi connectivity index (χ3n) is 5.25. The van der Waals surface area contributed by atoms with Crippen LogP contribution in [0.5, 0.6) is 0 Å². The van der Waals surface area contributed by atoms with Crippen molar-refractivity contribution in [3.63, 3.8) is 0 Å². The van der Waals surface area contributed by atoms with Gasteiger partial charge in [-0.2, -0.15) is 5.10 Å². The van der Waals surface area contributed by atoms with Crippen molar-refractivity contribution in [3.05, 3.63) is 95.0 Å². The molecule has 0 saturated heterocycles. The summed E-state index contributed by atoms with van der Waals surface area (Å²) in [7, 11) is 0. The molecule has 4 rings (SSSR count). The van der Waals surface area contributed by atoms with Crippen LogP contribution in [0, 0.1) is 5.82 Å². The van der Waals surface area contributed by atoms with Gasteiger partial charge in [-0.05, 0) is 47.5 Å². The molecule has 0 aliphatic heterocycles. The number of amides is 1. The Bertz CT molecular complexity index is 1360. The second kappa shape index (κ2) is 11.1. The molecule has 4 N–H and O–H groups in total. The molecule has 2 aromatic heterocycles. The number of aliphatic hydroxyl groups is 1. The van der Waals surface area contributed by atoms with Crippen molar-refractivity contribution in [1.29, 1.82) is 0 Å². The minimum atomic E-state index is -1.74. The highest BCUT2D eigenvalue weighted by atomic mass is 35.5. The van der Waals surface area contributed by atoms with Gasteiger partial charge < -0.3 is 10.2 Å². The maximum atomic E-state index is 14.2. The maximum Gasteiger partial charge on any atom is 0.333 e. The lowest BCUT2D eigenvalue weighted by molar-refractivity contribution is -0.148. The standard InChI is InChI=1S/C25H21ClFN5O4/c26-17-8-9-19(27)18(11-17)16-6-4-15(5-7-16)13-32(14-23(33)25(35)36)31-24(34)22-12-21(29-30-22)20-3-1-2-10-28-20/h1-12,23,33H,13-14H2,(H,29,30)(H,31,34)(H,35,36)/t23-/m1/s1. The fraction of sp³-hybridized carbons (Fsp3) is 0.120. The topological polar surface area (TPSA) is 131 Å². The molecule has 36 heavy (non-hydrogen) atoms. The number of aromatic amines is 1. The van der Waals surface area contributed by atoms with Crippen LogP contribution in [0.4, 0.5) is 4.39 Å². The molecule has 0 radical (unpaired) electrons. The van der Waals surface area contributed by atoms with Gasteiger partial charge in [-0.1, -0.05) is 41.9 Å². The van der Waals surface area contributed by atoms with Crippen LogP contribution in [0.1, 0.15) is 16.1 Å². The highest BCUT2D eigenvalue weighted by Crippen LogP contribution is 2.26. The first-order chi connectivity index (χ1) is 17.3. The quantitative estimate of drug-likeness (QED) is 0.254. The van der Waals surface area contributed by atoms with E-state index in [-0.39, 0.29) is 18.8 Å². The lowest BCUT2D eigenvalue weighted by Gasteiger charge is -2.24. The number of rotatable bonds is 9. The number of hydrogen-bond acceptors (Lipinski definition) is 6. The average molecular weight is 510 g/mol. The van der Waals surface area contributed by atoms with Gasteiger partial charge in [0.05, 0.1) is 12.2 Å². The van der Waals surface area contributed by atoms with Gasteiger partial charge in [-0.3, -0.25) is 20.3 Å². The number of carboxylic acids is 1. The molecule has 2 heterocycles. The number of carbonyl (C=O) groups excluding carboxylic acids is 1. The first-order valence-corrected chi connectivity index (χ1v) is 11.2. The fourth-order valence-electron chi connectivity index (χ4n) is 3.45. The molecule has 0 saturated carbocycles. The summed E-state index contributed by atoms with van der Waals surface area (Å²) in [6.45, 7) is -0.317. The average Bonchev–Trinajstić information content (AvgIpc) is 3.37. The van der Waals surface area contributed by atoms with Gasteiger partial charge in [0.15, 0.2) is 6.10 Å². The molecular weight excluding hydrogens is 489 g/mol. The number of nitrogens with one attached hydrogen (secondary N) is 2. The molecule has 0 spiro atoms. The van der Waals surface area contributed by atoms with E-state index in [9.17, 15) is 19.1 Å². The number of carbonyl (C=O) groups is 2. The number of pyridine rings is 1. The van der Waals surface area contributed by atoms with E-state index >= 15 is 0 Å². The van der Waals surface area contributed by atoms with Crippen molar-refractivity contribution in [1.82, 2.24) is 25.6 Å². The number of nitrogens with zero attached hydrogens (tertiary/aromatic N) is 3. The van der Waals surface area contributed by atoms with Crippen LogP contribution in [0.15, 0.2) is 72.9 Å². The van der Waals surface area contributed by atoms with Crippen molar-refractivity contribution in [2.75, 3.05) is 6.54 Å². The van der Waals surface area contributed by atoms with Gasteiger partial charge in [0.2, 0.25) is 0 Å². The molecule has 4 aromatic rings. The van der Waals surface area contributed by atoms with Crippen molar-refractivity contribution >= 4 is 23.5 Å². The third-order valence-corrected chi connectivity index (χ3v) is 5.49. The monoisotopic (exact) mass is 509 g/mol. The fourth-order valence-corrected chi connectivity index (χ4v) is 3.62. The van der Waals surface area contributed by atoms with E-state index in [2.05, 4.69) is 20.6 Å². The van der Waals surface area contributed by atoms with Crippen molar-refractivity contribution in [3.8, 4) is 22.5 Å². The largest absolute Gasteiger partial charge is 0.479 e. The third kappa shape index (κ3) is 6.11. The van der Waals surface area contributed by atoms with E-state index in [4.69, 9.17) is 16.7 Å². The number of hydrazine groups is 1. The molecule has 0 unspecified atom stereocenters. The SMILES string of the molecule is O=C(NN(Cc1ccc(-c2cc(Cl)ccc2F)cc1)C[C@@H](O)C(=O)O)c1cc(-c2ccccn2)n[nH]1. The van der Waals surface area contributed by atoms with Gasteiger partial charge in [0, 0.05) is 23.3 Å². The van der Waals surface area contributed by atoms with Crippen LogP contribution < -0.4 is 5.43 Å². The van der Waals surface area contributed by atoms with Crippen LogP contribution in [0.2, 0.25) is 5.02 Å². The van der Waals surface area contributed by atoms with Gasteiger partial charge >= 0.3 is 5.97 Å². The minimum absolute atomic E-state index is 0.0651. The molecule has 0 aliphatic carbocycles. The Hall–Kier alpha value is -4.12. The van der Waals surface area contributed by atoms with Crippen molar-refractivity contribution in [2.45, 2.75) is 12.6 Å². The van der Waals surface area contributed by atoms with Gasteiger partial charge in [0.25, 0.3) is 5.91 Å². The second-order valence-corrected chi connectivity index (χ2v) is 8.31. The van der Waals surface area contributed by atoms with E-state index in [1.807, 2.05) is 0 Å².